The molecular weight excluding hydrogens is 300 g/mol. The maximum atomic E-state index is 12.5. The van der Waals surface area contributed by atoms with Gasteiger partial charge >= 0.3 is 0 Å². The quantitative estimate of drug-likeness (QED) is 0.811. The van der Waals surface area contributed by atoms with Crippen LogP contribution in [0, 0.1) is 0 Å². The van der Waals surface area contributed by atoms with Crippen molar-refractivity contribution >= 4 is 29.5 Å². The number of hydrogen-bond acceptors (Lipinski definition) is 4. The number of fused-ring (bicyclic) bond motifs is 1. The van der Waals surface area contributed by atoms with E-state index >= 15 is 0 Å². The Kier molecular flexibility index (Phi) is 4.20. The van der Waals surface area contributed by atoms with E-state index in [0.717, 1.165) is 23.5 Å². The van der Waals surface area contributed by atoms with Crippen LogP contribution in [0.4, 0.5) is 0 Å². The highest BCUT2D eigenvalue weighted by Gasteiger charge is 2.43. The Bertz CT molecular complexity index is 593. The summed E-state index contributed by atoms with van der Waals surface area (Å²) in [7, 11) is 0. The summed E-state index contributed by atoms with van der Waals surface area (Å²) in [5.41, 5.74) is 0.779. The predicted octanol–water partition coefficient (Wildman–Crippen LogP) is 1.68. The van der Waals surface area contributed by atoms with Crippen molar-refractivity contribution in [2.75, 3.05) is 12.0 Å². The van der Waals surface area contributed by atoms with Gasteiger partial charge < -0.3 is 5.32 Å². The Morgan fingerprint density at radius 2 is 1.86 bits per heavy atom. The number of nitrogens with one attached hydrogen (secondary N) is 1. The molecule has 1 aliphatic carbocycles. The first-order valence-electron chi connectivity index (χ1n) is 7.39. The molecule has 1 saturated carbocycles. The number of hydrogen-bond donors (Lipinski definition) is 1. The van der Waals surface area contributed by atoms with Gasteiger partial charge in [-0.15, -0.1) is 0 Å². The summed E-state index contributed by atoms with van der Waals surface area (Å²) >= 11 is 1.60. The molecule has 1 unspecified atom stereocenters. The SMILES string of the molecule is CSCCC(C(=O)NC1CC1)N1C(=O)c2ccccc2C1=O. The third-order valence-electron chi connectivity index (χ3n) is 3.96. The maximum absolute atomic E-state index is 12.5. The molecule has 2 aliphatic rings. The highest BCUT2D eigenvalue weighted by molar-refractivity contribution is 7.98. The summed E-state index contributed by atoms with van der Waals surface area (Å²) in [6.07, 6.45) is 4.37. The van der Waals surface area contributed by atoms with Crippen LogP contribution >= 0.6 is 11.8 Å². The Hall–Kier alpha value is -1.82. The van der Waals surface area contributed by atoms with Crippen molar-refractivity contribution in [3.63, 3.8) is 0 Å². The Morgan fingerprint density at radius 1 is 1.27 bits per heavy atom. The molecule has 1 aromatic carbocycles. The van der Waals surface area contributed by atoms with Crippen molar-refractivity contribution in [1.29, 1.82) is 0 Å². The fraction of sp³-hybridized carbons (Fsp3) is 0.438. The summed E-state index contributed by atoms with van der Waals surface area (Å²) in [6.45, 7) is 0. The van der Waals surface area contributed by atoms with Crippen molar-refractivity contribution in [1.82, 2.24) is 10.2 Å². The van der Waals surface area contributed by atoms with Crippen molar-refractivity contribution in [2.45, 2.75) is 31.3 Å². The third kappa shape index (κ3) is 2.75. The van der Waals surface area contributed by atoms with Crippen molar-refractivity contribution in [3.05, 3.63) is 35.4 Å². The summed E-state index contributed by atoms with van der Waals surface area (Å²) < 4.78 is 0. The number of nitrogens with zero attached hydrogens (tertiary/aromatic N) is 1. The van der Waals surface area contributed by atoms with Crippen molar-refractivity contribution < 1.29 is 14.4 Å². The van der Waals surface area contributed by atoms with Gasteiger partial charge in [-0.1, -0.05) is 12.1 Å². The third-order valence-corrected chi connectivity index (χ3v) is 4.60. The van der Waals surface area contributed by atoms with Crippen LogP contribution in [0.15, 0.2) is 24.3 Å². The fourth-order valence-electron chi connectivity index (χ4n) is 2.62. The zero-order valence-electron chi connectivity index (χ0n) is 12.4. The summed E-state index contributed by atoms with van der Waals surface area (Å²) in [5.74, 6) is -0.225. The molecule has 0 bridgehead atoms. The first kappa shape index (κ1) is 15.1. The lowest BCUT2D eigenvalue weighted by Gasteiger charge is -2.25. The molecule has 3 rings (SSSR count). The smallest absolute Gasteiger partial charge is 0.262 e. The van der Waals surface area contributed by atoms with E-state index in [4.69, 9.17) is 0 Å². The van der Waals surface area contributed by atoms with E-state index in [-0.39, 0.29) is 23.8 Å². The van der Waals surface area contributed by atoms with Crippen LogP contribution in [0.5, 0.6) is 0 Å². The van der Waals surface area contributed by atoms with E-state index in [9.17, 15) is 14.4 Å². The lowest BCUT2D eigenvalue weighted by Crippen LogP contribution is -2.50. The van der Waals surface area contributed by atoms with E-state index in [1.54, 1.807) is 36.0 Å². The number of rotatable bonds is 6. The molecule has 0 spiro atoms. The highest BCUT2D eigenvalue weighted by atomic mass is 32.2. The van der Waals surface area contributed by atoms with Gasteiger partial charge in [0.05, 0.1) is 11.1 Å². The minimum Gasteiger partial charge on any atom is -0.352 e. The molecule has 22 heavy (non-hydrogen) atoms. The predicted molar refractivity (Wildman–Crippen MR) is 84.9 cm³/mol. The van der Waals surface area contributed by atoms with E-state index in [1.165, 1.54) is 0 Å². The van der Waals surface area contributed by atoms with Crippen LogP contribution in [0.25, 0.3) is 0 Å². The van der Waals surface area contributed by atoms with Crippen LogP contribution in [-0.2, 0) is 4.79 Å². The number of benzene rings is 1. The molecule has 1 heterocycles. The molecule has 116 valence electrons. The zero-order chi connectivity index (χ0) is 15.7. The molecule has 1 aromatic rings. The van der Waals surface area contributed by atoms with E-state index in [2.05, 4.69) is 5.32 Å². The van der Waals surface area contributed by atoms with Crippen LogP contribution in [-0.4, -0.2) is 46.7 Å². The fourth-order valence-corrected chi connectivity index (χ4v) is 3.08. The molecule has 0 saturated heterocycles. The maximum Gasteiger partial charge on any atom is 0.262 e. The monoisotopic (exact) mass is 318 g/mol. The minimum atomic E-state index is -0.722. The molecule has 5 nitrogen and oxygen atoms in total. The molecular formula is C16H18N2O3S. The molecule has 3 amide bonds. The molecule has 1 aliphatic heterocycles. The molecule has 1 atom stereocenters. The number of thioether (sulfide) groups is 1. The van der Waals surface area contributed by atoms with Crippen molar-refractivity contribution in [3.8, 4) is 0 Å². The molecule has 1 N–H and O–H groups in total. The minimum absolute atomic E-state index is 0.208. The second-order valence-electron chi connectivity index (χ2n) is 5.61. The molecule has 0 radical (unpaired) electrons. The Balaban J connectivity index is 1.86. The first-order chi connectivity index (χ1) is 10.6. The van der Waals surface area contributed by atoms with Gasteiger partial charge in [0.1, 0.15) is 6.04 Å². The van der Waals surface area contributed by atoms with Gasteiger partial charge in [-0.05, 0) is 43.4 Å². The largest absolute Gasteiger partial charge is 0.352 e. The molecule has 0 aromatic heterocycles. The molecule has 6 heteroatoms. The second-order valence-corrected chi connectivity index (χ2v) is 6.59. The summed E-state index contributed by atoms with van der Waals surface area (Å²) in [4.78, 5) is 38.7. The van der Waals surface area contributed by atoms with Crippen molar-refractivity contribution in [2.24, 2.45) is 0 Å². The first-order valence-corrected chi connectivity index (χ1v) is 8.79. The topological polar surface area (TPSA) is 66.5 Å². The van der Waals surface area contributed by atoms with Gasteiger partial charge in [0.15, 0.2) is 0 Å². The Labute approximate surface area is 133 Å². The summed E-state index contributed by atoms with van der Waals surface area (Å²) in [6, 6.07) is 6.23. The van der Waals surface area contributed by atoms with Crippen LogP contribution in [0.3, 0.4) is 0 Å². The average molecular weight is 318 g/mol. The van der Waals surface area contributed by atoms with Crippen LogP contribution < -0.4 is 5.32 Å². The number of carbonyl (C=O) groups excluding carboxylic acids is 3. The Morgan fingerprint density at radius 3 is 2.36 bits per heavy atom. The van der Waals surface area contributed by atoms with Crippen LogP contribution in [0.1, 0.15) is 40.0 Å². The second kappa shape index (κ2) is 6.12. The van der Waals surface area contributed by atoms with E-state index in [0.29, 0.717) is 17.5 Å². The van der Waals surface area contributed by atoms with Gasteiger partial charge in [0.2, 0.25) is 5.91 Å². The standard InChI is InChI=1S/C16H18N2O3S/c1-22-9-8-13(14(19)17-10-6-7-10)18-15(20)11-4-2-3-5-12(11)16(18)21/h2-5,10,13H,6-9H2,1H3,(H,17,19). The average Bonchev–Trinajstić information content (AvgIpc) is 3.30. The van der Waals surface area contributed by atoms with Gasteiger partial charge in [-0.2, -0.15) is 11.8 Å². The van der Waals surface area contributed by atoms with Crippen LogP contribution in [0.2, 0.25) is 0 Å². The summed E-state index contributed by atoms with van der Waals surface area (Å²) in [5, 5.41) is 2.91. The number of amides is 3. The van der Waals surface area contributed by atoms with Gasteiger partial charge in [-0.25, -0.2) is 0 Å². The van der Waals surface area contributed by atoms with E-state index in [1.807, 2.05) is 6.26 Å². The lowest BCUT2D eigenvalue weighted by molar-refractivity contribution is -0.125. The van der Waals surface area contributed by atoms with Gasteiger partial charge in [0, 0.05) is 6.04 Å². The zero-order valence-corrected chi connectivity index (χ0v) is 13.2. The normalized spacial score (nSPS) is 18.3. The number of carbonyl (C=O) groups is 3. The molecule has 1 fully saturated rings. The van der Waals surface area contributed by atoms with Gasteiger partial charge in [0.25, 0.3) is 11.8 Å². The highest BCUT2D eigenvalue weighted by Crippen LogP contribution is 2.27. The lowest BCUT2D eigenvalue weighted by atomic mass is 10.1. The van der Waals surface area contributed by atoms with E-state index < -0.39 is 6.04 Å². The number of imide groups is 1. The van der Waals surface area contributed by atoms with Gasteiger partial charge in [-0.3, -0.25) is 19.3 Å².